The zero-order chi connectivity index (χ0) is 21.6. The fourth-order valence-corrected chi connectivity index (χ4v) is 3.44. The maximum atomic E-state index is 13.2. The molecule has 1 aromatic heterocycles. The lowest BCUT2D eigenvalue weighted by Gasteiger charge is -2.34. The molecule has 3 aromatic rings. The Kier molecular flexibility index (Phi) is 6.37. The van der Waals surface area contributed by atoms with Crippen LogP contribution >= 0.6 is 0 Å². The number of carbonyl (C=O) groups excluding carboxylic acids is 1. The van der Waals surface area contributed by atoms with Crippen LogP contribution in [0.3, 0.4) is 0 Å². The number of benzene rings is 2. The Labute approximate surface area is 179 Å². The zero-order valence-corrected chi connectivity index (χ0v) is 17.2. The second-order valence-electron chi connectivity index (χ2n) is 7.11. The number of hydrogen-bond acceptors (Lipinski definition) is 6. The van der Waals surface area contributed by atoms with Gasteiger partial charge in [0.15, 0.2) is 5.82 Å². The summed E-state index contributed by atoms with van der Waals surface area (Å²) in [6.45, 7) is 5.52. The summed E-state index contributed by atoms with van der Waals surface area (Å²) in [5.41, 5.74) is 1.36. The predicted molar refractivity (Wildman–Crippen MR) is 113 cm³/mol. The maximum Gasteiger partial charge on any atom is 0.322 e. The predicted octanol–water partition coefficient (Wildman–Crippen LogP) is 2.55. The van der Waals surface area contributed by atoms with Crippen molar-refractivity contribution in [1.29, 1.82) is 0 Å². The fourth-order valence-electron chi connectivity index (χ4n) is 3.44. The third-order valence-corrected chi connectivity index (χ3v) is 5.06. The third-order valence-electron chi connectivity index (χ3n) is 5.06. The zero-order valence-electron chi connectivity index (χ0n) is 17.2. The molecular weight excluding hydrogens is 401 g/mol. The van der Waals surface area contributed by atoms with Gasteiger partial charge in [-0.25, -0.2) is 9.18 Å². The lowest BCUT2D eigenvalue weighted by atomic mass is 10.3. The molecule has 1 N–H and O–H groups in total. The first-order chi connectivity index (χ1) is 15.1. The molecule has 0 unspecified atom stereocenters. The SMILES string of the molecule is CCOc1ccccc1NC(=O)N1CCN(Cc2nnnn2-c2ccc(F)cc2)CC1. The van der Waals surface area contributed by atoms with Crippen molar-refractivity contribution in [2.24, 2.45) is 0 Å². The van der Waals surface area contributed by atoms with E-state index in [2.05, 4.69) is 25.7 Å². The van der Waals surface area contributed by atoms with E-state index in [-0.39, 0.29) is 11.8 Å². The Balaban J connectivity index is 1.33. The van der Waals surface area contributed by atoms with Crippen molar-refractivity contribution in [2.75, 3.05) is 38.1 Å². The van der Waals surface area contributed by atoms with Gasteiger partial charge in [-0.05, 0) is 53.7 Å². The summed E-state index contributed by atoms with van der Waals surface area (Å²) >= 11 is 0. The van der Waals surface area contributed by atoms with Gasteiger partial charge < -0.3 is 15.0 Å². The summed E-state index contributed by atoms with van der Waals surface area (Å²) in [5, 5.41) is 14.8. The number of aromatic nitrogens is 4. The first-order valence-corrected chi connectivity index (χ1v) is 10.2. The summed E-state index contributed by atoms with van der Waals surface area (Å²) in [4.78, 5) is 16.7. The maximum absolute atomic E-state index is 13.2. The minimum atomic E-state index is -0.309. The lowest BCUT2D eigenvalue weighted by molar-refractivity contribution is 0.140. The van der Waals surface area contributed by atoms with Crippen LogP contribution in [0.4, 0.5) is 14.9 Å². The smallest absolute Gasteiger partial charge is 0.322 e. The van der Waals surface area contributed by atoms with Crippen molar-refractivity contribution >= 4 is 11.7 Å². The molecule has 2 heterocycles. The van der Waals surface area contributed by atoms with Gasteiger partial charge in [-0.1, -0.05) is 12.1 Å². The van der Waals surface area contributed by atoms with E-state index < -0.39 is 0 Å². The Hall–Kier alpha value is -3.53. The van der Waals surface area contributed by atoms with Crippen molar-refractivity contribution < 1.29 is 13.9 Å². The number of para-hydroxylation sites is 2. The number of urea groups is 1. The highest BCUT2D eigenvalue weighted by Crippen LogP contribution is 2.24. The van der Waals surface area contributed by atoms with E-state index in [0.29, 0.717) is 62.3 Å². The highest BCUT2D eigenvalue weighted by atomic mass is 19.1. The molecule has 31 heavy (non-hydrogen) atoms. The van der Waals surface area contributed by atoms with E-state index in [1.165, 1.54) is 12.1 Å². The van der Waals surface area contributed by atoms with Gasteiger partial charge in [0.05, 0.1) is 24.5 Å². The fraction of sp³-hybridized carbons (Fsp3) is 0.333. The van der Waals surface area contributed by atoms with Crippen LogP contribution in [0.2, 0.25) is 0 Å². The molecule has 10 heteroatoms. The molecule has 1 aliphatic heterocycles. The molecule has 2 amide bonds. The van der Waals surface area contributed by atoms with Crippen LogP contribution in [-0.2, 0) is 6.54 Å². The molecule has 0 bridgehead atoms. The molecular formula is C21H24FN7O2. The molecule has 1 aliphatic rings. The average molecular weight is 425 g/mol. The first kappa shape index (κ1) is 20.7. The van der Waals surface area contributed by atoms with Gasteiger partial charge in [0.1, 0.15) is 11.6 Å². The summed E-state index contributed by atoms with van der Waals surface area (Å²) in [6.07, 6.45) is 0. The van der Waals surface area contributed by atoms with Crippen LogP contribution in [-0.4, -0.2) is 68.8 Å². The molecule has 162 valence electrons. The number of nitrogens with zero attached hydrogens (tertiary/aromatic N) is 6. The van der Waals surface area contributed by atoms with Crippen LogP contribution < -0.4 is 10.1 Å². The van der Waals surface area contributed by atoms with Crippen molar-refractivity contribution in [1.82, 2.24) is 30.0 Å². The molecule has 0 aliphatic carbocycles. The number of halogens is 1. The number of ether oxygens (including phenoxy) is 1. The number of tetrazole rings is 1. The Morgan fingerprint density at radius 3 is 2.58 bits per heavy atom. The average Bonchev–Trinajstić information content (AvgIpc) is 3.24. The van der Waals surface area contributed by atoms with Crippen molar-refractivity contribution in [2.45, 2.75) is 13.5 Å². The lowest BCUT2D eigenvalue weighted by Crippen LogP contribution is -2.49. The third kappa shape index (κ3) is 4.97. The summed E-state index contributed by atoms with van der Waals surface area (Å²) in [5.74, 6) is 1.01. The van der Waals surface area contributed by atoms with Gasteiger partial charge in [-0.2, -0.15) is 4.68 Å². The van der Waals surface area contributed by atoms with Gasteiger partial charge >= 0.3 is 6.03 Å². The van der Waals surface area contributed by atoms with Crippen molar-refractivity contribution in [3.05, 3.63) is 60.2 Å². The molecule has 0 saturated carbocycles. The van der Waals surface area contributed by atoms with Gasteiger partial charge in [0.2, 0.25) is 0 Å². The highest BCUT2D eigenvalue weighted by molar-refractivity contribution is 5.91. The minimum absolute atomic E-state index is 0.150. The summed E-state index contributed by atoms with van der Waals surface area (Å²) < 4.78 is 20.4. The molecule has 0 radical (unpaired) electrons. The van der Waals surface area contributed by atoms with Gasteiger partial charge in [-0.3, -0.25) is 4.90 Å². The van der Waals surface area contributed by atoms with E-state index in [1.807, 2.05) is 31.2 Å². The largest absolute Gasteiger partial charge is 0.492 e. The van der Waals surface area contributed by atoms with Crippen LogP contribution in [0.1, 0.15) is 12.7 Å². The number of carbonyl (C=O) groups is 1. The van der Waals surface area contributed by atoms with Crippen LogP contribution in [0.25, 0.3) is 5.69 Å². The molecule has 4 rings (SSSR count). The first-order valence-electron chi connectivity index (χ1n) is 10.2. The number of piperazine rings is 1. The molecule has 0 atom stereocenters. The Morgan fingerprint density at radius 1 is 1.10 bits per heavy atom. The molecule has 9 nitrogen and oxygen atoms in total. The Morgan fingerprint density at radius 2 is 1.84 bits per heavy atom. The highest BCUT2D eigenvalue weighted by Gasteiger charge is 2.23. The summed E-state index contributed by atoms with van der Waals surface area (Å²) in [7, 11) is 0. The topological polar surface area (TPSA) is 88.4 Å². The molecule has 0 spiro atoms. The second-order valence-corrected chi connectivity index (χ2v) is 7.11. The summed E-state index contributed by atoms with van der Waals surface area (Å²) in [6, 6.07) is 13.3. The van der Waals surface area contributed by atoms with E-state index >= 15 is 0 Å². The van der Waals surface area contributed by atoms with E-state index in [1.54, 1.807) is 21.7 Å². The van der Waals surface area contributed by atoms with E-state index in [9.17, 15) is 9.18 Å². The van der Waals surface area contributed by atoms with Crippen molar-refractivity contribution in [3.63, 3.8) is 0 Å². The second kappa shape index (κ2) is 9.52. The molecule has 2 aromatic carbocycles. The quantitative estimate of drug-likeness (QED) is 0.653. The van der Waals surface area contributed by atoms with Gasteiger partial charge in [0.25, 0.3) is 0 Å². The van der Waals surface area contributed by atoms with Crippen LogP contribution in [0, 0.1) is 5.82 Å². The normalized spacial score (nSPS) is 14.5. The number of nitrogens with one attached hydrogen (secondary N) is 1. The Bertz CT molecular complexity index is 1020. The van der Waals surface area contributed by atoms with Gasteiger partial charge in [0, 0.05) is 26.2 Å². The minimum Gasteiger partial charge on any atom is -0.492 e. The standard InChI is InChI=1S/C21H24FN7O2/c1-2-31-19-6-4-3-5-18(19)23-21(30)28-13-11-27(12-14-28)15-20-24-25-26-29(20)17-9-7-16(22)8-10-17/h3-10H,2,11-15H2,1H3,(H,23,30). The van der Waals surface area contributed by atoms with E-state index in [4.69, 9.17) is 4.74 Å². The van der Waals surface area contributed by atoms with E-state index in [0.717, 1.165) is 0 Å². The molecule has 1 fully saturated rings. The number of rotatable bonds is 6. The van der Waals surface area contributed by atoms with Crippen molar-refractivity contribution in [3.8, 4) is 11.4 Å². The number of amides is 2. The van der Waals surface area contributed by atoms with Gasteiger partial charge in [-0.15, -0.1) is 5.10 Å². The van der Waals surface area contributed by atoms with Crippen LogP contribution in [0.5, 0.6) is 5.75 Å². The molecule has 1 saturated heterocycles. The number of hydrogen-bond donors (Lipinski definition) is 1. The monoisotopic (exact) mass is 425 g/mol. The number of anilines is 1. The van der Waals surface area contributed by atoms with Crippen LogP contribution in [0.15, 0.2) is 48.5 Å².